The van der Waals surface area contributed by atoms with E-state index in [0.717, 1.165) is 0 Å². The van der Waals surface area contributed by atoms with Crippen molar-refractivity contribution >= 4 is 15.2 Å². The van der Waals surface area contributed by atoms with Gasteiger partial charge in [0.05, 0.1) is 6.33 Å². The summed E-state index contributed by atoms with van der Waals surface area (Å²) in [5.74, 6) is 0. The van der Waals surface area contributed by atoms with Gasteiger partial charge in [0, 0.05) is 36.0 Å². The van der Waals surface area contributed by atoms with Crippen LogP contribution in [-0.4, -0.2) is 34.9 Å². The molecule has 0 saturated heterocycles. The molecule has 1 aromatic heterocycles. The van der Waals surface area contributed by atoms with Crippen molar-refractivity contribution in [2.24, 2.45) is 0 Å². The molecule has 0 aliphatic heterocycles. The summed E-state index contributed by atoms with van der Waals surface area (Å²) >= 11 is 0. The Hall–Kier alpha value is -0.0105. The van der Waals surface area contributed by atoms with Crippen LogP contribution >= 0.6 is 15.2 Å². The third-order valence-corrected chi connectivity index (χ3v) is 5.68. The average molecular weight is 328 g/mol. The number of nitrogens with zero attached hydrogens (tertiary/aromatic N) is 2. The number of rotatable bonds is 5. The van der Waals surface area contributed by atoms with Crippen LogP contribution in [0.5, 0.6) is 0 Å². The van der Waals surface area contributed by atoms with Crippen molar-refractivity contribution in [3.8, 4) is 0 Å². The Morgan fingerprint density at radius 3 is 2.29 bits per heavy atom. The molecule has 9 nitrogen and oxygen atoms in total. The Kier molecular flexibility index (Phi) is 6.24. The van der Waals surface area contributed by atoms with E-state index in [2.05, 4.69) is 9.66 Å². The van der Waals surface area contributed by atoms with Gasteiger partial charge in [0.1, 0.15) is 0 Å². The second kappa shape index (κ2) is 6.24. The van der Waals surface area contributed by atoms with Gasteiger partial charge >= 0.3 is 15.2 Å². The summed E-state index contributed by atoms with van der Waals surface area (Å²) in [7, 11) is -9.70. The number of aromatic nitrogens is 2. The van der Waals surface area contributed by atoms with E-state index < -0.39 is 27.1 Å². The Bertz CT molecular complexity index is 431. The van der Waals surface area contributed by atoms with Gasteiger partial charge in [0.15, 0.2) is 5.40 Å². The van der Waals surface area contributed by atoms with Crippen molar-refractivity contribution in [2.45, 2.75) is 11.9 Å². The molecule has 0 spiro atoms. The summed E-state index contributed by atoms with van der Waals surface area (Å²) in [5.41, 5.74) is 0. The molecule has 0 radical (unpaired) electrons. The molecule has 1 rings (SSSR count). The van der Waals surface area contributed by atoms with Crippen molar-refractivity contribution < 1.29 is 50.8 Å². The van der Waals surface area contributed by atoms with Gasteiger partial charge in [0.25, 0.3) is 0 Å². The monoisotopic (exact) mass is 328 g/mol. The van der Waals surface area contributed by atoms with E-state index >= 15 is 0 Å². The third kappa shape index (κ3) is 4.63. The zero-order valence-electron chi connectivity index (χ0n) is 8.17. The molecule has 2 atom stereocenters. The van der Waals surface area contributed by atoms with Crippen LogP contribution in [0, 0.1) is 0 Å². The maximum absolute atomic E-state index is 11.2. The minimum Gasteiger partial charge on any atom is -0.336 e. The van der Waals surface area contributed by atoms with Crippen LogP contribution in [0.15, 0.2) is 18.7 Å². The van der Waals surface area contributed by atoms with Gasteiger partial charge in [-0.1, -0.05) is 0 Å². The van der Waals surface area contributed by atoms with Crippen LogP contribution < -0.4 is 0 Å². The molecule has 0 aromatic carbocycles. The summed E-state index contributed by atoms with van der Waals surface area (Å²) in [5, 5.41) is 6.13. The molecular formula is C5H10FeN2O7P2. The van der Waals surface area contributed by atoms with Crippen LogP contribution in [0.3, 0.4) is 0 Å². The van der Waals surface area contributed by atoms with E-state index in [0.29, 0.717) is 0 Å². The van der Waals surface area contributed by atoms with Crippen LogP contribution in [0.2, 0.25) is 0 Å². The minimum absolute atomic E-state index is 0. The largest absolute Gasteiger partial charge is 0.371 e. The van der Waals surface area contributed by atoms with E-state index in [-0.39, 0.29) is 17.1 Å². The van der Waals surface area contributed by atoms with Crippen LogP contribution in [0.1, 0.15) is 0 Å². The molecule has 100 valence electrons. The van der Waals surface area contributed by atoms with Crippen LogP contribution in [0.25, 0.3) is 0 Å². The van der Waals surface area contributed by atoms with E-state index in [1.54, 1.807) is 0 Å². The minimum atomic E-state index is -4.90. The van der Waals surface area contributed by atoms with Crippen molar-refractivity contribution in [2.75, 3.05) is 0 Å². The first-order valence-electron chi connectivity index (χ1n) is 3.94. The second-order valence-electron chi connectivity index (χ2n) is 2.97. The second-order valence-corrected chi connectivity index (χ2v) is 7.10. The first-order chi connectivity index (χ1) is 7.27. The zero-order valence-corrected chi connectivity index (χ0v) is 11.1. The average Bonchev–Trinajstić information content (AvgIpc) is 2.64. The number of imidazole rings is 1. The summed E-state index contributed by atoms with van der Waals surface area (Å²) in [6.45, 7) is -0.501. The first-order valence-corrected chi connectivity index (χ1v) is 7.27. The molecule has 1 heterocycles. The quantitative estimate of drug-likeness (QED) is 0.257. The van der Waals surface area contributed by atoms with Gasteiger partial charge in [-0.25, -0.2) is 10.2 Å². The third-order valence-electron chi connectivity index (χ3n) is 1.82. The van der Waals surface area contributed by atoms with E-state index in [1.165, 1.54) is 23.3 Å². The van der Waals surface area contributed by atoms with Gasteiger partial charge in [-0.3, -0.25) is 9.13 Å². The Labute approximate surface area is 107 Å². The fourth-order valence-corrected chi connectivity index (χ4v) is 3.59. The van der Waals surface area contributed by atoms with Crippen molar-refractivity contribution in [3.05, 3.63) is 18.7 Å². The Morgan fingerprint density at radius 2 is 1.94 bits per heavy atom. The summed E-state index contributed by atoms with van der Waals surface area (Å²) in [6, 6.07) is 0. The number of hydrogen-bond donors (Lipinski definition) is 4. The summed E-state index contributed by atoms with van der Waals surface area (Å²) in [6.07, 6.45) is 3.89. The van der Waals surface area contributed by atoms with Crippen LogP contribution in [0.4, 0.5) is 0 Å². The van der Waals surface area contributed by atoms with Gasteiger partial charge in [-0.15, -0.1) is 0 Å². The normalized spacial score (nSPS) is 16.9. The summed E-state index contributed by atoms with van der Waals surface area (Å²) in [4.78, 5) is 30.5. The molecule has 0 aliphatic carbocycles. The fourth-order valence-electron chi connectivity index (χ4n) is 1.04. The standard InChI is InChI=1S/C5H10N2O7P2.Fe/c8-14-16(12,13)5(15(9,10)11)3-7-2-1-6-4-7;/h1-2,4-5,8H,3H2,(H,12,13)(H2,9,10,11);. The Balaban J connectivity index is 0.00000256. The molecule has 0 amide bonds. The predicted octanol–water partition coefficient (Wildman–Crippen LogP) is 0.0594. The molecule has 2 unspecified atom stereocenters. The predicted molar refractivity (Wildman–Crippen MR) is 51.6 cm³/mol. The van der Waals surface area contributed by atoms with Crippen molar-refractivity contribution in [1.82, 2.24) is 9.55 Å². The van der Waals surface area contributed by atoms with Gasteiger partial charge in [-0.05, 0) is 0 Å². The van der Waals surface area contributed by atoms with Crippen LogP contribution in [-0.2, 0) is 37.4 Å². The fraction of sp³-hybridized carbons (Fsp3) is 0.400. The molecule has 0 aliphatic rings. The molecular weight excluding hydrogens is 318 g/mol. The molecule has 0 bridgehead atoms. The van der Waals surface area contributed by atoms with Gasteiger partial charge < -0.3 is 19.2 Å². The SMILES string of the molecule is O=P(O)(O)C(Cn1ccnc1)P(=O)(O)OO.[Fe]. The topological polar surface area (TPSA) is 142 Å². The van der Waals surface area contributed by atoms with E-state index in [4.69, 9.17) is 19.9 Å². The Morgan fingerprint density at radius 1 is 1.35 bits per heavy atom. The number of hydrogen-bond acceptors (Lipinski definition) is 5. The molecule has 17 heavy (non-hydrogen) atoms. The first kappa shape index (κ1) is 17.0. The molecule has 12 heteroatoms. The molecule has 1 aromatic rings. The van der Waals surface area contributed by atoms with Gasteiger partial charge in [-0.2, -0.15) is 4.67 Å². The zero-order chi connectivity index (χ0) is 12.4. The van der Waals surface area contributed by atoms with Crippen molar-refractivity contribution in [3.63, 3.8) is 0 Å². The molecule has 0 saturated carbocycles. The van der Waals surface area contributed by atoms with E-state index in [1.807, 2.05) is 0 Å². The maximum Gasteiger partial charge on any atom is 0.371 e. The maximum atomic E-state index is 11.2. The smallest absolute Gasteiger partial charge is 0.336 e. The van der Waals surface area contributed by atoms with Crippen molar-refractivity contribution in [1.29, 1.82) is 0 Å². The van der Waals surface area contributed by atoms with Gasteiger partial charge in [0.2, 0.25) is 0 Å². The van der Waals surface area contributed by atoms with E-state index in [9.17, 15) is 9.13 Å². The molecule has 0 fully saturated rings. The molecule has 4 N–H and O–H groups in total. The summed E-state index contributed by atoms with van der Waals surface area (Å²) < 4.78 is 26.7.